The van der Waals surface area contributed by atoms with E-state index in [4.69, 9.17) is 9.72 Å². The van der Waals surface area contributed by atoms with E-state index in [0.29, 0.717) is 22.5 Å². The number of methoxy groups -OCH3 is 1. The second kappa shape index (κ2) is 6.82. The van der Waals surface area contributed by atoms with Crippen molar-refractivity contribution in [1.82, 2.24) is 9.97 Å². The Kier molecular flexibility index (Phi) is 4.58. The SMILES string of the molecule is CO[C@H](C)c1cc(-c2nc3cc(F)c(C)c4c3c(c2C)CCC4)[nH]c(=O)c1C. The zero-order valence-electron chi connectivity index (χ0n) is 17.0. The first kappa shape index (κ1) is 18.8. The van der Waals surface area contributed by atoms with Crippen LogP contribution in [-0.2, 0) is 17.6 Å². The smallest absolute Gasteiger partial charge is 0.251 e. The molecule has 0 bridgehead atoms. The molecule has 1 aliphatic rings. The second-order valence-corrected chi connectivity index (χ2v) is 7.74. The van der Waals surface area contributed by atoms with Crippen molar-refractivity contribution in [1.29, 1.82) is 0 Å². The lowest BCUT2D eigenvalue weighted by Crippen LogP contribution is -2.16. The molecule has 0 radical (unpaired) electrons. The number of rotatable bonds is 3. The summed E-state index contributed by atoms with van der Waals surface area (Å²) >= 11 is 0. The van der Waals surface area contributed by atoms with Gasteiger partial charge < -0.3 is 9.72 Å². The highest BCUT2D eigenvalue weighted by atomic mass is 19.1. The van der Waals surface area contributed by atoms with Gasteiger partial charge in [0.05, 0.1) is 23.0 Å². The van der Waals surface area contributed by atoms with Gasteiger partial charge in [-0.2, -0.15) is 0 Å². The normalized spacial score (nSPS) is 14.5. The van der Waals surface area contributed by atoms with E-state index in [1.165, 1.54) is 11.6 Å². The number of aromatic amines is 1. The van der Waals surface area contributed by atoms with Gasteiger partial charge in [0.2, 0.25) is 0 Å². The van der Waals surface area contributed by atoms with E-state index in [2.05, 4.69) is 4.98 Å². The highest BCUT2D eigenvalue weighted by Crippen LogP contribution is 2.37. The Balaban J connectivity index is 2.04. The molecule has 2 heterocycles. The zero-order valence-corrected chi connectivity index (χ0v) is 17.0. The third-order valence-electron chi connectivity index (χ3n) is 6.20. The van der Waals surface area contributed by atoms with Crippen LogP contribution in [0.5, 0.6) is 0 Å². The van der Waals surface area contributed by atoms with Gasteiger partial charge in [-0.05, 0) is 80.8 Å². The van der Waals surface area contributed by atoms with Crippen LogP contribution in [0.4, 0.5) is 4.39 Å². The van der Waals surface area contributed by atoms with E-state index in [1.807, 2.05) is 26.8 Å². The predicted octanol–water partition coefficient (Wildman–Crippen LogP) is 4.85. The van der Waals surface area contributed by atoms with E-state index >= 15 is 0 Å². The highest BCUT2D eigenvalue weighted by molar-refractivity contribution is 5.91. The van der Waals surface area contributed by atoms with Gasteiger partial charge in [-0.15, -0.1) is 0 Å². The third-order valence-corrected chi connectivity index (χ3v) is 6.20. The first-order valence-corrected chi connectivity index (χ1v) is 9.71. The second-order valence-electron chi connectivity index (χ2n) is 7.74. The summed E-state index contributed by atoms with van der Waals surface area (Å²) in [5, 5.41) is 1.09. The number of aromatic nitrogens is 2. The maximum absolute atomic E-state index is 14.5. The summed E-state index contributed by atoms with van der Waals surface area (Å²) in [6.45, 7) is 7.60. The van der Waals surface area contributed by atoms with Crippen LogP contribution >= 0.6 is 0 Å². The van der Waals surface area contributed by atoms with E-state index in [1.54, 1.807) is 14.0 Å². The fraction of sp³-hybridized carbons (Fsp3) is 0.391. The molecule has 5 heteroatoms. The number of nitrogens with one attached hydrogen (secondary N) is 1. The molecule has 4 nitrogen and oxygen atoms in total. The lowest BCUT2D eigenvalue weighted by molar-refractivity contribution is 0.119. The van der Waals surface area contributed by atoms with Gasteiger partial charge in [-0.3, -0.25) is 4.79 Å². The van der Waals surface area contributed by atoms with Crippen molar-refractivity contribution in [2.24, 2.45) is 0 Å². The Morgan fingerprint density at radius 2 is 1.79 bits per heavy atom. The number of halogens is 1. The first-order valence-electron chi connectivity index (χ1n) is 9.71. The number of pyridine rings is 2. The molecule has 0 unspecified atom stereocenters. The average Bonchev–Trinajstić information content (AvgIpc) is 2.69. The molecule has 3 aromatic rings. The molecule has 1 aromatic carbocycles. The Hall–Kier alpha value is -2.53. The van der Waals surface area contributed by atoms with Crippen LogP contribution in [0.3, 0.4) is 0 Å². The maximum atomic E-state index is 14.5. The minimum atomic E-state index is -0.219. The number of benzene rings is 1. The molecule has 28 heavy (non-hydrogen) atoms. The maximum Gasteiger partial charge on any atom is 0.251 e. The number of ether oxygens (including phenoxy) is 1. The van der Waals surface area contributed by atoms with Crippen LogP contribution in [0.15, 0.2) is 16.9 Å². The van der Waals surface area contributed by atoms with Crippen molar-refractivity contribution >= 4 is 10.9 Å². The molecule has 0 saturated carbocycles. The van der Waals surface area contributed by atoms with Crippen LogP contribution in [0, 0.1) is 26.6 Å². The van der Waals surface area contributed by atoms with E-state index in [-0.39, 0.29) is 17.5 Å². The minimum absolute atomic E-state index is 0.151. The van der Waals surface area contributed by atoms with Crippen molar-refractivity contribution in [2.75, 3.05) is 7.11 Å². The highest BCUT2D eigenvalue weighted by Gasteiger charge is 2.23. The molecule has 1 N–H and O–H groups in total. The standard InChI is InChI=1S/C23H25FN2O2/c1-11-15-7-6-8-16-12(2)22(25-19(21(15)16)10-18(11)24)20-9-17(14(4)28-5)13(3)23(27)26-20/h9-10,14H,6-8H2,1-5H3,(H,26,27)/t14-/m1/s1. The summed E-state index contributed by atoms with van der Waals surface area (Å²) < 4.78 is 19.9. The fourth-order valence-electron chi connectivity index (χ4n) is 4.40. The molecule has 1 atom stereocenters. The summed E-state index contributed by atoms with van der Waals surface area (Å²) in [5.41, 5.74) is 7.42. The average molecular weight is 380 g/mol. The van der Waals surface area contributed by atoms with Crippen molar-refractivity contribution in [3.05, 3.63) is 61.7 Å². The van der Waals surface area contributed by atoms with Gasteiger partial charge in [-0.25, -0.2) is 9.37 Å². The van der Waals surface area contributed by atoms with Crippen molar-refractivity contribution in [2.45, 2.75) is 53.1 Å². The number of nitrogens with zero attached hydrogens (tertiary/aromatic N) is 1. The summed E-state index contributed by atoms with van der Waals surface area (Å²) in [6, 6.07) is 3.46. The topological polar surface area (TPSA) is 55.0 Å². The minimum Gasteiger partial charge on any atom is -0.377 e. The molecule has 0 spiro atoms. The number of hydrogen-bond donors (Lipinski definition) is 1. The molecule has 0 saturated heterocycles. The van der Waals surface area contributed by atoms with E-state index < -0.39 is 0 Å². The Labute approximate surface area is 163 Å². The summed E-state index contributed by atoms with van der Waals surface area (Å²) in [5.74, 6) is -0.219. The first-order chi connectivity index (χ1) is 13.3. The lowest BCUT2D eigenvalue weighted by atomic mass is 9.84. The van der Waals surface area contributed by atoms with Crippen molar-refractivity contribution < 1.29 is 9.13 Å². The predicted molar refractivity (Wildman–Crippen MR) is 109 cm³/mol. The van der Waals surface area contributed by atoms with E-state index in [0.717, 1.165) is 46.9 Å². The summed E-state index contributed by atoms with van der Waals surface area (Å²) in [4.78, 5) is 20.3. The molecular formula is C23H25FN2O2. The third kappa shape index (κ3) is 2.76. The van der Waals surface area contributed by atoms with Crippen molar-refractivity contribution in [3.63, 3.8) is 0 Å². The van der Waals surface area contributed by atoms with E-state index in [9.17, 15) is 9.18 Å². The molecule has 1 aliphatic carbocycles. The molecule has 146 valence electrons. The van der Waals surface area contributed by atoms with Crippen LogP contribution in [0.1, 0.15) is 52.8 Å². The van der Waals surface area contributed by atoms with Gasteiger partial charge in [-0.1, -0.05) is 0 Å². The lowest BCUT2D eigenvalue weighted by Gasteiger charge is -2.23. The number of hydrogen-bond acceptors (Lipinski definition) is 3. The summed E-state index contributed by atoms with van der Waals surface area (Å²) in [7, 11) is 1.63. The molecule has 4 rings (SSSR count). The summed E-state index contributed by atoms with van der Waals surface area (Å²) in [6.07, 6.45) is 2.61. The molecule has 0 fully saturated rings. The largest absolute Gasteiger partial charge is 0.377 e. The van der Waals surface area contributed by atoms with Crippen LogP contribution in [0.25, 0.3) is 22.3 Å². The van der Waals surface area contributed by atoms with Crippen LogP contribution in [-0.4, -0.2) is 17.1 Å². The Morgan fingerprint density at radius 1 is 1.11 bits per heavy atom. The monoisotopic (exact) mass is 380 g/mol. The van der Waals surface area contributed by atoms with Crippen molar-refractivity contribution in [3.8, 4) is 11.4 Å². The van der Waals surface area contributed by atoms with Gasteiger partial charge >= 0.3 is 0 Å². The van der Waals surface area contributed by atoms with Gasteiger partial charge in [0, 0.05) is 24.1 Å². The molecule has 0 amide bonds. The van der Waals surface area contributed by atoms with Crippen LogP contribution in [0.2, 0.25) is 0 Å². The van der Waals surface area contributed by atoms with Crippen LogP contribution < -0.4 is 5.56 Å². The van der Waals surface area contributed by atoms with Gasteiger partial charge in [0.15, 0.2) is 0 Å². The Bertz CT molecular complexity index is 1160. The fourth-order valence-corrected chi connectivity index (χ4v) is 4.40. The number of H-pyrrole nitrogens is 1. The molecule has 2 aromatic heterocycles. The molecule has 0 aliphatic heterocycles. The number of aryl methyl sites for hydroxylation is 2. The Morgan fingerprint density at radius 3 is 2.46 bits per heavy atom. The van der Waals surface area contributed by atoms with Gasteiger partial charge in [0.1, 0.15) is 5.82 Å². The zero-order chi connectivity index (χ0) is 20.2. The molecular weight excluding hydrogens is 355 g/mol. The quantitative estimate of drug-likeness (QED) is 0.707. The van der Waals surface area contributed by atoms with Gasteiger partial charge in [0.25, 0.3) is 5.56 Å².